The molecule has 1 saturated carbocycles. The Morgan fingerprint density at radius 2 is 2.06 bits per heavy atom. The molecule has 94 valence electrons. The van der Waals surface area contributed by atoms with E-state index in [2.05, 4.69) is 5.32 Å². The summed E-state index contributed by atoms with van der Waals surface area (Å²) in [6.45, 7) is 0.561. The molecule has 2 rings (SSSR count). The molecule has 1 fully saturated rings. The van der Waals surface area contributed by atoms with Crippen LogP contribution in [0.1, 0.15) is 18.4 Å². The van der Waals surface area contributed by atoms with Gasteiger partial charge in [0.25, 0.3) is 0 Å². The van der Waals surface area contributed by atoms with Crippen molar-refractivity contribution in [3.8, 4) is 0 Å². The molecule has 0 heterocycles. The summed E-state index contributed by atoms with van der Waals surface area (Å²) in [5, 5.41) is 13.0. The van der Waals surface area contributed by atoms with Gasteiger partial charge in [0.15, 0.2) is 0 Å². The maximum absolute atomic E-state index is 11.8. The lowest BCUT2D eigenvalue weighted by Gasteiger charge is -2.11. The number of aliphatic hydroxyl groups is 1. The van der Waals surface area contributed by atoms with Gasteiger partial charge in [0.05, 0.1) is 11.9 Å². The van der Waals surface area contributed by atoms with Gasteiger partial charge in [-0.1, -0.05) is 30.3 Å². The van der Waals surface area contributed by atoms with E-state index in [-0.39, 0.29) is 0 Å². The van der Waals surface area contributed by atoms with Crippen LogP contribution in [0, 0.1) is 0 Å². The second-order valence-electron chi connectivity index (χ2n) is 4.57. The number of hydrogen-bond donors (Lipinski definition) is 2. The van der Waals surface area contributed by atoms with Crippen LogP contribution in [0.25, 0.3) is 0 Å². The molecule has 0 saturated heterocycles. The molecule has 0 amide bonds. The zero-order chi connectivity index (χ0) is 12.1. The van der Waals surface area contributed by atoms with E-state index in [1.165, 1.54) is 12.8 Å². The first-order valence-electron chi connectivity index (χ1n) is 6.04. The number of rotatable bonds is 7. The van der Waals surface area contributed by atoms with Crippen LogP contribution in [0.2, 0.25) is 0 Å². The summed E-state index contributed by atoms with van der Waals surface area (Å²) in [5.41, 5.74) is 1.06. The Kier molecular flexibility index (Phi) is 4.71. The van der Waals surface area contributed by atoms with Crippen LogP contribution >= 0.6 is 0 Å². The molecule has 2 N–H and O–H groups in total. The molecule has 2 atom stereocenters. The van der Waals surface area contributed by atoms with Gasteiger partial charge in [0, 0.05) is 29.1 Å². The molecule has 1 aromatic carbocycles. The molecular formula is C13H19NO2S. The number of nitrogens with one attached hydrogen (secondary N) is 1. The predicted molar refractivity (Wildman–Crippen MR) is 70.2 cm³/mol. The summed E-state index contributed by atoms with van der Waals surface area (Å²) >= 11 is 0. The van der Waals surface area contributed by atoms with Gasteiger partial charge in [-0.2, -0.15) is 0 Å². The van der Waals surface area contributed by atoms with E-state index < -0.39 is 16.9 Å². The lowest BCUT2D eigenvalue weighted by atomic mass is 10.2. The molecule has 0 radical (unpaired) electrons. The Bertz CT molecular complexity index is 365. The first-order valence-corrected chi connectivity index (χ1v) is 7.53. The van der Waals surface area contributed by atoms with Crippen molar-refractivity contribution < 1.29 is 9.32 Å². The molecule has 17 heavy (non-hydrogen) atoms. The third kappa shape index (κ3) is 4.98. The molecule has 0 spiro atoms. The van der Waals surface area contributed by atoms with E-state index >= 15 is 0 Å². The van der Waals surface area contributed by atoms with E-state index in [0.717, 1.165) is 5.56 Å². The summed E-state index contributed by atoms with van der Waals surface area (Å²) in [5.74, 6) is 0.885. The van der Waals surface area contributed by atoms with Gasteiger partial charge in [-0.15, -0.1) is 0 Å². The number of benzene rings is 1. The minimum absolute atomic E-state index is 0.356. The predicted octanol–water partition coefficient (Wildman–Crippen LogP) is 1.05. The van der Waals surface area contributed by atoms with Crippen LogP contribution in [0.15, 0.2) is 30.3 Å². The molecule has 0 aliphatic heterocycles. The van der Waals surface area contributed by atoms with E-state index in [0.29, 0.717) is 24.1 Å². The molecule has 1 aliphatic rings. The summed E-state index contributed by atoms with van der Waals surface area (Å²) in [6, 6.07) is 10.3. The second-order valence-corrected chi connectivity index (χ2v) is 6.07. The maximum Gasteiger partial charge on any atom is 0.0779 e. The summed E-state index contributed by atoms with van der Waals surface area (Å²) in [4.78, 5) is 0. The molecule has 0 aromatic heterocycles. The van der Waals surface area contributed by atoms with Gasteiger partial charge in [-0.05, 0) is 18.4 Å². The quantitative estimate of drug-likeness (QED) is 0.763. The van der Waals surface area contributed by atoms with Gasteiger partial charge in [0.2, 0.25) is 0 Å². The Hall–Kier alpha value is -0.710. The molecule has 1 aromatic rings. The summed E-state index contributed by atoms with van der Waals surface area (Å²) in [6.07, 6.45) is 1.92. The summed E-state index contributed by atoms with van der Waals surface area (Å²) < 4.78 is 11.8. The van der Waals surface area contributed by atoms with Gasteiger partial charge in [0.1, 0.15) is 0 Å². The number of hydrogen-bond acceptors (Lipinski definition) is 3. The minimum Gasteiger partial charge on any atom is -0.391 e. The third-order valence-corrected chi connectivity index (χ3v) is 4.18. The van der Waals surface area contributed by atoms with Crippen molar-refractivity contribution in [2.75, 3.05) is 12.3 Å². The highest BCUT2D eigenvalue weighted by Gasteiger charge is 2.21. The molecule has 1 aliphatic carbocycles. The fourth-order valence-electron chi connectivity index (χ4n) is 1.68. The fourth-order valence-corrected chi connectivity index (χ4v) is 2.91. The summed E-state index contributed by atoms with van der Waals surface area (Å²) in [7, 11) is -0.985. The van der Waals surface area contributed by atoms with Crippen molar-refractivity contribution in [2.45, 2.75) is 30.7 Å². The second kappa shape index (κ2) is 6.28. The zero-order valence-electron chi connectivity index (χ0n) is 9.84. The van der Waals surface area contributed by atoms with E-state index in [1.54, 1.807) is 0 Å². The lowest BCUT2D eigenvalue weighted by Crippen LogP contribution is -2.32. The first-order chi connectivity index (χ1) is 8.24. The van der Waals surface area contributed by atoms with Crippen molar-refractivity contribution in [1.29, 1.82) is 0 Å². The van der Waals surface area contributed by atoms with Crippen LogP contribution in [0.5, 0.6) is 0 Å². The highest BCUT2D eigenvalue weighted by molar-refractivity contribution is 7.84. The lowest BCUT2D eigenvalue weighted by molar-refractivity contribution is 0.194. The van der Waals surface area contributed by atoms with E-state index in [4.69, 9.17) is 0 Å². The zero-order valence-corrected chi connectivity index (χ0v) is 10.7. The van der Waals surface area contributed by atoms with Crippen LogP contribution in [-0.2, 0) is 16.6 Å². The average Bonchev–Trinajstić information content (AvgIpc) is 3.11. The molecule has 0 bridgehead atoms. The van der Waals surface area contributed by atoms with Crippen LogP contribution in [0.4, 0.5) is 0 Å². The van der Waals surface area contributed by atoms with E-state index in [9.17, 15) is 9.32 Å². The Labute approximate surface area is 105 Å². The molecule has 4 heteroatoms. The van der Waals surface area contributed by atoms with E-state index in [1.807, 2.05) is 30.3 Å². The fraction of sp³-hybridized carbons (Fsp3) is 0.538. The minimum atomic E-state index is -0.985. The van der Waals surface area contributed by atoms with Gasteiger partial charge in [-0.25, -0.2) is 0 Å². The van der Waals surface area contributed by atoms with Crippen molar-refractivity contribution in [2.24, 2.45) is 0 Å². The average molecular weight is 253 g/mol. The first kappa shape index (κ1) is 12.7. The number of aliphatic hydroxyl groups excluding tert-OH is 1. The van der Waals surface area contributed by atoms with Crippen molar-refractivity contribution in [3.05, 3.63) is 35.9 Å². The van der Waals surface area contributed by atoms with Crippen LogP contribution in [0.3, 0.4) is 0 Å². The van der Waals surface area contributed by atoms with Crippen LogP contribution in [-0.4, -0.2) is 33.8 Å². The Balaban J connectivity index is 1.68. The Morgan fingerprint density at radius 1 is 1.35 bits per heavy atom. The van der Waals surface area contributed by atoms with Gasteiger partial charge < -0.3 is 10.4 Å². The normalized spacial score (nSPS) is 18.9. The van der Waals surface area contributed by atoms with Gasteiger partial charge >= 0.3 is 0 Å². The SMILES string of the molecule is O=S(Cc1ccccc1)CC(O)CNC1CC1. The molecular weight excluding hydrogens is 234 g/mol. The van der Waals surface area contributed by atoms with Crippen molar-refractivity contribution in [1.82, 2.24) is 5.32 Å². The largest absolute Gasteiger partial charge is 0.391 e. The monoisotopic (exact) mass is 253 g/mol. The van der Waals surface area contributed by atoms with Crippen molar-refractivity contribution >= 4 is 10.8 Å². The smallest absolute Gasteiger partial charge is 0.0779 e. The van der Waals surface area contributed by atoms with Gasteiger partial charge in [-0.3, -0.25) is 4.21 Å². The highest BCUT2D eigenvalue weighted by Crippen LogP contribution is 2.18. The molecule has 3 nitrogen and oxygen atoms in total. The highest BCUT2D eigenvalue weighted by atomic mass is 32.2. The Morgan fingerprint density at radius 3 is 2.71 bits per heavy atom. The third-order valence-electron chi connectivity index (χ3n) is 2.77. The standard InChI is InChI=1S/C13H19NO2S/c15-13(8-14-12-6-7-12)10-17(16)9-11-4-2-1-3-5-11/h1-5,12-15H,6-10H2. The molecule has 2 unspecified atom stereocenters. The maximum atomic E-state index is 11.8. The topological polar surface area (TPSA) is 49.3 Å². The van der Waals surface area contributed by atoms with Crippen molar-refractivity contribution in [3.63, 3.8) is 0 Å². The van der Waals surface area contributed by atoms with Crippen LogP contribution < -0.4 is 5.32 Å².